The van der Waals surface area contributed by atoms with Crippen LogP contribution in [0.1, 0.15) is 11.1 Å². The molecule has 0 aromatic heterocycles. The monoisotopic (exact) mass is 368 g/mol. The molecule has 0 spiro atoms. The molecule has 0 atom stereocenters. The van der Waals surface area contributed by atoms with Gasteiger partial charge in [0.15, 0.2) is 0 Å². The Hall–Kier alpha value is -2.32. The molecule has 2 aromatic rings. The summed E-state index contributed by atoms with van der Waals surface area (Å²) in [5.74, 6) is -2.55. The summed E-state index contributed by atoms with van der Waals surface area (Å²) >= 11 is 0. The van der Waals surface area contributed by atoms with Crippen LogP contribution in [0, 0.1) is 25.5 Å². The average Bonchev–Trinajstić information content (AvgIpc) is 2.53. The van der Waals surface area contributed by atoms with E-state index < -0.39 is 39.0 Å². The Morgan fingerprint density at radius 1 is 1.16 bits per heavy atom. The number of hydrogen-bond donors (Lipinski definition) is 1. The van der Waals surface area contributed by atoms with Crippen molar-refractivity contribution in [3.8, 4) is 0 Å². The molecule has 0 aliphatic rings. The predicted molar refractivity (Wildman–Crippen MR) is 90.7 cm³/mol. The van der Waals surface area contributed by atoms with Crippen LogP contribution in [0.5, 0.6) is 0 Å². The van der Waals surface area contributed by atoms with E-state index in [-0.39, 0.29) is 0 Å². The van der Waals surface area contributed by atoms with Gasteiger partial charge in [0.1, 0.15) is 16.5 Å². The van der Waals surface area contributed by atoms with Crippen LogP contribution in [0.25, 0.3) is 0 Å². The molecule has 0 bridgehead atoms. The maximum absolute atomic E-state index is 13.7. The van der Waals surface area contributed by atoms with Crippen molar-refractivity contribution in [2.45, 2.75) is 18.7 Å². The van der Waals surface area contributed by atoms with Crippen molar-refractivity contribution in [1.82, 2.24) is 4.31 Å². The van der Waals surface area contributed by atoms with Gasteiger partial charge in [0.25, 0.3) is 0 Å². The van der Waals surface area contributed by atoms with Crippen molar-refractivity contribution >= 4 is 21.6 Å². The third kappa shape index (κ3) is 4.21. The number of amides is 1. The van der Waals surface area contributed by atoms with E-state index in [1.165, 1.54) is 0 Å². The Kier molecular flexibility index (Phi) is 5.54. The molecule has 0 unspecified atom stereocenters. The lowest BCUT2D eigenvalue weighted by molar-refractivity contribution is -0.116. The Morgan fingerprint density at radius 3 is 2.52 bits per heavy atom. The second kappa shape index (κ2) is 7.28. The summed E-state index contributed by atoms with van der Waals surface area (Å²) in [5, 5.41) is 2.62. The van der Waals surface area contributed by atoms with Crippen LogP contribution >= 0.6 is 0 Å². The molecule has 8 heteroatoms. The van der Waals surface area contributed by atoms with Gasteiger partial charge in [-0.25, -0.2) is 17.2 Å². The molecule has 25 heavy (non-hydrogen) atoms. The van der Waals surface area contributed by atoms with E-state index in [4.69, 9.17) is 0 Å². The first-order valence-corrected chi connectivity index (χ1v) is 8.84. The largest absolute Gasteiger partial charge is 0.325 e. The average molecular weight is 368 g/mol. The van der Waals surface area contributed by atoms with Crippen LogP contribution in [0.15, 0.2) is 41.3 Å². The van der Waals surface area contributed by atoms with Crippen molar-refractivity contribution < 1.29 is 22.0 Å². The van der Waals surface area contributed by atoms with Crippen molar-refractivity contribution in [3.63, 3.8) is 0 Å². The standard InChI is InChI=1S/C17H18F2N2O3S/c1-11-5-4-6-15(12(11)2)20-17(22)10-21(3)25(23,24)16-9-13(18)7-8-14(16)19/h4-9H,10H2,1-3H3,(H,20,22). The first-order chi connectivity index (χ1) is 11.6. The fourth-order valence-electron chi connectivity index (χ4n) is 2.21. The maximum atomic E-state index is 13.7. The van der Waals surface area contributed by atoms with Crippen molar-refractivity contribution in [1.29, 1.82) is 0 Å². The maximum Gasteiger partial charge on any atom is 0.246 e. The minimum absolute atomic E-state index is 0.536. The van der Waals surface area contributed by atoms with Gasteiger partial charge in [-0.1, -0.05) is 12.1 Å². The Balaban J connectivity index is 2.17. The molecule has 1 amide bonds. The van der Waals surface area contributed by atoms with Gasteiger partial charge in [-0.05, 0) is 49.2 Å². The van der Waals surface area contributed by atoms with Crippen molar-refractivity contribution in [2.24, 2.45) is 0 Å². The molecule has 134 valence electrons. The smallest absolute Gasteiger partial charge is 0.246 e. The number of anilines is 1. The van der Waals surface area contributed by atoms with Crippen LogP contribution in [-0.4, -0.2) is 32.2 Å². The van der Waals surface area contributed by atoms with Crippen LogP contribution in [0.3, 0.4) is 0 Å². The van der Waals surface area contributed by atoms with Gasteiger partial charge in [0, 0.05) is 12.7 Å². The highest BCUT2D eigenvalue weighted by Crippen LogP contribution is 2.20. The molecule has 0 aliphatic heterocycles. The van der Waals surface area contributed by atoms with Crippen LogP contribution in [0.2, 0.25) is 0 Å². The fourth-order valence-corrected chi connectivity index (χ4v) is 3.41. The van der Waals surface area contributed by atoms with Gasteiger partial charge >= 0.3 is 0 Å². The first-order valence-electron chi connectivity index (χ1n) is 7.40. The number of likely N-dealkylation sites (N-methyl/N-ethyl adjacent to an activating group) is 1. The third-order valence-corrected chi connectivity index (χ3v) is 5.64. The molecule has 2 aromatic carbocycles. The summed E-state index contributed by atoms with van der Waals surface area (Å²) in [5.41, 5.74) is 2.39. The zero-order valence-corrected chi connectivity index (χ0v) is 14.8. The molecule has 0 fully saturated rings. The fraction of sp³-hybridized carbons (Fsp3) is 0.235. The first kappa shape index (κ1) is 19.0. The van der Waals surface area contributed by atoms with Crippen molar-refractivity contribution in [3.05, 3.63) is 59.2 Å². The van der Waals surface area contributed by atoms with E-state index in [1.54, 1.807) is 12.1 Å². The number of benzene rings is 2. The Bertz CT molecular complexity index is 914. The van der Waals surface area contributed by atoms with Crippen LogP contribution in [0.4, 0.5) is 14.5 Å². The number of hydrogen-bond acceptors (Lipinski definition) is 3. The highest BCUT2D eigenvalue weighted by atomic mass is 32.2. The third-order valence-electron chi connectivity index (χ3n) is 3.83. The van der Waals surface area contributed by atoms with E-state index in [2.05, 4.69) is 5.32 Å². The number of sulfonamides is 1. The molecular weight excluding hydrogens is 350 g/mol. The van der Waals surface area contributed by atoms with Crippen LogP contribution in [-0.2, 0) is 14.8 Å². The van der Waals surface area contributed by atoms with Gasteiger partial charge < -0.3 is 5.32 Å². The number of carbonyl (C=O) groups excluding carboxylic acids is 1. The highest BCUT2D eigenvalue weighted by molar-refractivity contribution is 7.89. The minimum Gasteiger partial charge on any atom is -0.325 e. The zero-order valence-electron chi connectivity index (χ0n) is 14.0. The van der Waals surface area contributed by atoms with Gasteiger partial charge in [-0.2, -0.15) is 4.31 Å². The molecule has 0 aliphatic carbocycles. The van der Waals surface area contributed by atoms with Crippen molar-refractivity contribution in [2.75, 3.05) is 18.9 Å². The molecule has 0 saturated carbocycles. The zero-order chi connectivity index (χ0) is 18.8. The molecule has 0 heterocycles. The number of carbonyl (C=O) groups is 1. The number of rotatable bonds is 5. The van der Waals surface area contributed by atoms with Gasteiger partial charge in [0.2, 0.25) is 15.9 Å². The topological polar surface area (TPSA) is 66.5 Å². The second-order valence-electron chi connectivity index (χ2n) is 5.63. The quantitative estimate of drug-likeness (QED) is 0.883. The number of aryl methyl sites for hydroxylation is 1. The van der Waals surface area contributed by atoms with Gasteiger partial charge in [0.05, 0.1) is 6.54 Å². The lowest BCUT2D eigenvalue weighted by atomic mass is 10.1. The predicted octanol–water partition coefficient (Wildman–Crippen LogP) is 2.84. The Morgan fingerprint density at radius 2 is 1.84 bits per heavy atom. The summed E-state index contributed by atoms with van der Waals surface area (Å²) in [4.78, 5) is 11.3. The van der Waals surface area contributed by atoms with E-state index in [1.807, 2.05) is 19.9 Å². The van der Waals surface area contributed by atoms with E-state index >= 15 is 0 Å². The lowest BCUT2D eigenvalue weighted by Crippen LogP contribution is -2.35. The molecule has 5 nitrogen and oxygen atoms in total. The summed E-state index contributed by atoms with van der Waals surface area (Å²) < 4.78 is 52.4. The van der Waals surface area contributed by atoms with Gasteiger partial charge in [-0.3, -0.25) is 4.79 Å². The Labute approximate surface area is 145 Å². The minimum atomic E-state index is -4.34. The summed E-state index contributed by atoms with van der Waals surface area (Å²) in [6.07, 6.45) is 0. The van der Waals surface area contributed by atoms with E-state index in [0.29, 0.717) is 16.1 Å². The second-order valence-corrected chi connectivity index (χ2v) is 7.64. The molecule has 0 radical (unpaired) electrons. The van der Waals surface area contributed by atoms with Gasteiger partial charge in [-0.15, -0.1) is 0 Å². The lowest BCUT2D eigenvalue weighted by Gasteiger charge is -2.18. The number of halogens is 2. The molecule has 2 rings (SSSR count). The van der Waals surface area contributed by atoms with E-state index in [0.717, 1.165) is 30.3 Å². The molecule has 1 N–H and O–H groups in total. The summed E-state index contributed by atoms with van der Waals surface area (Å²) in [7, 11) is -3.21. The normalized spacial score (nSPS) is 11.6. The van der Waals surface area contributed by atoms with E-state index in [9.17, 15) is 22.0 Å². The SMILES string of the molecule is Cc1cccc(NC(=O)CN(C)S(=O)(=O)c2cc(F)ccc2F)c1C. The number of nitrogens with one attached hydrogen (secondary N) is 1. The number of nitrogens with zero attached hydrogens (tertiary/aromatic N) is 1. The molecular formula is C17H18F2N2O3S. The summed E-state index contributed by atoms with van der Waals surface area (Å²) in [6.45, 7) is 3.17. The molecule has 0 saturated heterocycles. The summed E-state index contributed by atoms with van der Waals surface area (Å²) in [6, 6.07) is 7.48. The van der Waals surface area contributed by atoms with Crippen LogP contribution < -0.4 is 5.32 Å². The highest BCUT2D eigenvalue weighted by Gasteiger charge is 2.26.